The highest BCUT2D eigenvalue weighted by Gasteiger charge is 2.42. The molecule has 0 atom stereocenters. The van der Waals surface area contributed by atoms with Crippen LogP contribution in [0.1, 0.15) is 54.4 Å². The number of likely N-dealkylation sites (tertiary alicyclic amines) is 1. The molecule has 96 valence electrons. The van der Waals surface area contributed by atoms with Crippen molar-refractivity contribution in [3.05, 3.63) is 0 Å². The van der Waals surface area contributed by atoms with Crippen LogP contribution in [0.5, 0.6) is 0 Å². The number of hydrogen-bond donors (Lipinski definition) is 1. The maximum atomic E-state index is 10.6. The van der Waals surface area contributed by atoms with Gasteiger partial charge in [-0.2, -0.15) is 0 Å². The molecule has 1 N–H and O–H groups in total. The Kier molecular flexibility index (Phi) is 3.76. The van der Waals surface area contributed by atoms with Gasteiger partial charge in [0.1, 0.15) is 0 Å². The fourth-order valence-electron chi connectivity index (χ4n) is 2.50. The summed E-state index contributed by atoms with van der Waals surface area (Å²) in [4.78, 5) is 2.49. The van der Waals surface area contributed by atoms with Crippen molar-refractivity contribution in [3.63, 3.8) is 0 Å². The quantitative estimate of drug-likeness (QED) is 0.744. The van der Waals surface area contributed by atoms with Gasteiger partial charge < -0.3 is 10.0 Å². The predicted octanol–water partition coefficient (Wildman–Crippen LogP) is 2.91. The lowest BCUT2D eigenvalue weighted by Gasteiger charge is -2.47. The van der Waals surface area contributed by atoms with E-state index in [2.05, 4.69) is 46.4 Å². The zero-order valence-corrected chi connectivity index (χ0v) is 11.9. The van der Waals surface area contributed by atoms with E-state index in [-0.39, 0.29) is 5.41 Å². The fourth-order valence-corrected chi connectivity index (χ4v) is 2.50. The first kappa shape index (κ1) is 14.0. The SMILES string of the molecule is CC(C)(C)CN1CCC(O)(C(C)(C)C)CC1. The monoisotopic (exact) mass is 227 g/mol. The van der Waals surface area contributed by atoms with Gasteiger partial charge in [-0.25, -0.2) is 0 Å². The summed E-state index contributed by atoms with van der Waals surface area (Å²) in [5.74, 6) is 0. The van der Waals surface area contributed by atoms with E-state index in [9.17, 15) is 5.11 Å². The van der Waals surface area contributed by atoms with Crippen molar-refractivity contribution in [1.29, 1.82) is 0 Å². The van der Waals surface area contributed by atoms with E-state index >= 15 is 0 Å². The minimum Gasteiger partial charge on any atom is -0.389 e. The smallest absolute Gasteiger partial charge is 0.0720 e. The molecule has 0 saturated carbocycles. The lowest BCUT2D eigenvalue weighted by molar-refractivity contribution is -0.101. The summed E-state index contributed by atoms with van der Waals surface area (Å²) in [6.45, 7) is 16.5. The minimum atomic E-state index is -0.471. The van der Waals surface area contributed by atoms with Gasteiger partial charge in [-0.15, -0.1) is 0 Å². The van der Waals surface area contributed by atoms with E-state index in [1.165, 1.54) is 0 Å². The summed E-state index contributed by atoms with van der Waals surface area (Å²) in [5, 5.41) is 10.6. The summed E-state index contributed by atoms with van der Waals surface area (Å²) in [7, 11) is 0. The molecule has 0 aromatic heterocycles. The van der Waals surface area contributed by atoms with Crippen LogP contribution in [0.25, 0.3) is 0 Å². The number of rotatable bonds is 1. The van der Waals surface area contributed by atoms with Gasteiger partial charge in [0.15, 0.2) is 0 Å². The summed E-state index contributed by atoms with van der Waals surface area (Å²) >= 11 is 0. The van der Waals surface area contributed by atoms with Gasteiger partial charge in [-0.3, -0.25) is 0 Å². The molecular weight excluding hydrogens is 198 g/mol. The molecule has 1 fully saturated rings. The van der Waals surface area contributed by atoms with Crippen molar-refractivity contribution in [1.82, 2.24) is 4.90 Å². The normalized spacial score (nSPS) is 23.4. The predicted molar refractivity (Wildman–Crippen MR) is 69.5 cm³/mol. The van der Waals surface area contributed by atoms with Crippen molar-refractivity contribution < 1.29 is 5.11 Å². The highest BCUT2D eigenvalue weighted by molar-refractivity contribution is 4.95. The molecule has 0 aliphatic carbocycles. The lowest BCUT2D eigenvalue weighted by Crippen LogP contribution is -2.52. The molecule has 1 saturated heterocycles. The van der Waals surface area contributed by atoms with Crippen molar-refractivity contribution in [2.24, 2.45) is 10.8 Å². The summed E-state index contributed by atoms with van der Waals surface area (Å²) in [6.07, 6.45) is 1.82. The zero-order chi connectivity index (χ0) is 12.6. The zero-order valence-electron chi connectivity index (χ0n) is 11.9. The second-order valence-electron chi connectivity index (χ2n) is 7.62. The van der Waals surface area contributed by atoms with Gasteiger partial charge in [0.2, 0.25) is 0 Å². The Labute approximate surface area is 101 Å². The average Bonchev–Trinajstić information content (AvgIpc) is 2.05. The maximum absolute atomic E-state index is 10.6. The Morgan fingerprint density at radius 2 is 1.44 bits per heavy atom. The number of aliphatic hydroxyl groups is 1. The molecule has 2 nitrogen and oxygen atoms in total. The van der Waals surface area contributed by atoms with E-state index in [0.717, 1.165) is 32.5 Å². The summed E-state index contributed by atoms with van der Waals surface area (Å²) in [5.41, 5.74) is -0.112. The molecular formula is C14H29NO. The molecule has 0 aromatic carbocycles. The minimum absolute atomic E-state index is 0.000816. The molecule has 1 aliphatic heterocycles. The van der Waals surface area contributed by atoms with Crippen LogP contribution in [0.4, 0.5) is 0 Å². The van der Waals surface area contributed by atoms with Gasteiger partial charge in [-0.05, 0) is 23.7 Å². The van der Waals surface area contributed by atoms with Crippen LogP contribution in [0, 0.1) is 10.8 Å². The van der Waals surface area contributed by atoms with E-state index in [4.69, 9.17) is 0 Å². The third-order valence-electron chi connectivity index (χ3n) is 3.78. The molecule has 0 bridgehead atoms. The van der Waals surface area contributed by atoms with Crippen LogP contribution in [-0.4, -0.2) is 35.2 Å². The first-order chi connectivity index (χ1) is 7.04. The van der Waals surface area contributed by atoms with Crippen LogP contribution in [0.2, 0.25) is 0 Å². The number of piperidine rings is 1. The van der Waals surface area contributed by atoms with Gasteiger partial charge in [-0.1, -0.05) is 41.5 Å². The largest absolute Gasteiger partial charge is 0.389 e. The van der Waals surface area contributed by atoms with Gasteiger partial charge >= 0.3 is 0 Å². The maximum Gasteiger partial charge on any atom is 0.0720 e. The Balaban J connectivity index is 2.52. The van der Waals surface area contributed by atoms with Crippen molar-refractivity contribution in [2.75, 3.05) is 19.6 Å². The number of nitrogens with zero attached hydrogens (tertiary/aromatic N) is 1. The molecule has 0 unspecified atom stereocenters. The molecule has 2 heteroatoms. The highest BCUT2D eigenvalue weighted by atomic mass is 16.3. The topological polar surface area (TPSA) is 23.5 Å². The molecule has 0 amide bonds. The second-order valence-corrected chi connectivity index (χ2v) is 7.62. The van der Waals surface area contributed by atoms with Crippen LogP contribution in [0.15, 0.2) is 0 Å². The van der Waals surface area contributed by atoms with Gasteiger partial charge in [0.25, 0.3) is 0 Å². The van der Waals surface area contributed by atoms with Crippen LogP contribution in [-0.2, 0) is 0 Å². The average molecular weight is 227 g/mol. The summed E-state index contributed by atoms with van der Waals surface area (Å²) in [6, 6.07) is 0. The summed E-state index contributed by atoms with van der Waals surface area (Å²) < 4.78 is 0. The first-order valence-electron chi connectivity index (χ1n) is 6.48. The third-order valence-corrected chi connectivity index (χ3v) is 3.78. The van der Waals surface area contributed by atoms with Gasteiger partial charge in [0.05, 0.1) is 5.60 Å². The van der Waals surface area contributed by atoms with E-state index < -0.39 is 5.60 Å². The second kappa shape index (κ2) is 4.30. The third kappa shape index (κ3) is 3.46. The molecule has 1 aliphatic rings. The van der Waals surface area contributed by atoms with Crippen LogP contribution in [0.3, 0.4) is 0 Å². The van der Waals surface area contributed by atoms with E-state index in [1.54, 1.807) is 0 Å². The first-order valence-corrected chi connectivity index (χ1v) is 6.48. The standard InChI is InChI=1S/C14H29NO/c1-12(2,3)11-15-9-7-14(16,8-10-15)13(4,5)6/h16H,7-11H2,1-6H3. The molecule has 16 heavy (non-hydrogen) atoms. The van der Waals surface area contributed by atoms with Crippen molar-refractivity contribution in [2.45, 2.75) is 60.0 Å². The fraction of sp³-hybridized carbons (Fsp3) is 1.00. The van der Waals surface area contributed by atoms with Crippen molar-refractivity contribution >= 4 is 0 Å². The van der Waals surface area contributed by atoms with E-state index in [1.807, 2.05) is 0 Å². The Hall–Kier alpha value is -0.0800. The number of hydrogen-bond acceptors (Lipinski definition) is 2. The Bertz CT molecular complexity index is 226. The molecule has 1 rings (SSSR count). The van der Waals surface area contributed by atoms with Crippen LogP contribution >= 0.6 is 0 Å². The lowest BCUT2D eigenvalue weighted by atomic mass is 9.71. The molecule has 0 spiro atoms. The van der Waals surface area contributed by atoms with Crippen LogP contribution < -0.4 is 0 Å². The van der Waals surface area contributed by atoms with E-state index in [0.29, 0.717) is 5.41 Å². The Morgan fingerprint density at radius 3 is 1.75 bits per heavy atom. The molecule has 1 heterocycles. The van der Waals surface area contributed by atoms with Gasteiger partial charge in [0, 0.05) is 19.6 Å². The Morgan fingerprint density at radius 1 is 1.00 bits per heavy atom. The molecule has 0 aromatic rings. The molecule has 0 radical (unpaired) electrons. The van der Waals surface area contributed by atoms with Crippen molar-refractivity contribution in [3.8, 4) is 0 Å². The highest BCUT2D eigenvalue weighted by Crippen LogP contribution is 2.39.